The number of anilines is 1. The van der Waals surface area contributed by atoms with Crippen molar-refractivity contribution in [3.63, 3.8) is 0 Å². The SMILES string of the molecule is CC1c2ccsc2CCN1c1cc(CN)ccn1. The van der Waals surface area contributed by atoms with Crippen LogP contribution in [0.3, 0.4) is 0 Å². The third kappa shape index (κ3) is 1.91. The maximum Gasteiger partial charge on any atom is 0.129 e. The summed E-state index contributed by atoms with van der Waals surface area (Å²) in [5, 5.41) is 2.19. The molecule has 3 heterocycles. The Morgan fingerprint density at radius 2 is 2.39 bits per heavy atom. The number of hydrogen-bond acceptors (Lipinski definition) is 4. The van der Waals surface area contributed by atoms with E-state index in [0.29, 0.717) is 12.6 Å². The topological polar surface area (TPSA) is 42.1 Å². The molecule has 18 heavy (non-hydrogen) atoms. The molecule has 1 aliphatic rings. The van der Waals surface area contributed by atoms with E-state index in [1.807, 2.05) is 23.6 Å². The van der Waals surface area contributed by atoms with Crippen molar-refractivity contribution in [2.75, 3.05) is 11.4 Å². The lowest BCUT2D eigenvalue weighted by molar-refractivity contribution is 0.624. The molecule has 0 saturated heterocycles. The van der Waals surface area contributed by atoms with Gasteiger partial charge < -0.3 is 10.6 Å². The number of pyridine rings is 1. The van der Waals surface area contributed by atoms with Crippen LogP contribution in [0.25, 0.3) is 0 Å². The van der Waals surface area contributed by atoms with Gasteiger partial charge in [0, 0.05) is 24.2 Å². The zero-order valence-corrected chi connectivity index (χ0v) is 11.3. The summed E-state index contributed by atoms with van der Waals surface area (Å²) in [6.45, 7) is 3.86. The molecule has 0 amide bonds. The molecule has 0 radical (unpaired) electrons. The van der Waals surface area contributed by atoms with E-state index in [2.05, 4.69) is 34.3 Å². The summed E-state index contributed by atoms with van der Waals surface area (Å²) in [5.41, 5.74) is 8.29. The van der Waals surface area contributed by atoms with Crippen molar-refractivity contribution in [2.24, 2.45) is 5.73 Å². The molecule has 0 bridgehead atoms. The first-order valence-corrected chi connectivity index (χ1v) is 7.15. The first-order valence-electron chi connectivity index (χ1n) is 6.27. The van der Waals surface area contributed by atoms with Crippen LogP contribution in [0.1, 0.15) is 29.0 Å². The van der Waals surface area contributed by atoms with Gasteiger partial charge in [-0.2, -0.15) is 0 Å². The van der Waals surface area contributed by atoms with Crippen molar-refractivity contribution < 1.29 is 0 Å². The largest absolute Gasteiger partial charge is 0.349 e. The van der Waals surface area contributed by atoms with E-state index in [4.69, 9.17) is 5.73 Å². The second-order valence-corrected chi connectivity index (χ2v) is 5.65. The van der Waals surface area contributed by atoms with Gasteiger partial charge in [-0.1, -0.05) is 0 Å². The van der Waals surface area contributed by atoms with Crippen LogP contribution in [0.5, 0.6) is 0 Å². The van der Waals surface area contributed by atoms with Crippen LogP contribution >= 0.6 is 11.3 Å². The van der Waals surface area contributed by atoms with Gasteiger partial charge >= 0.3 is 0 Å². The Hall–Kier alpha value is -1.39. The predicted molar refractivity (Wildman–Crippen MR) is 75.9 cm³/mol. The van der Waals surface area contributed by atoms with E-state index in [0.717, 1.165) is 24.3 Å². The van der Waals surface area contributed by atoms with Gasteiger partial charge in [0.15, 0.2) is 0 Å². The van der Waals surface area contributed by atoms with Crippen molar-refractivity contribution in [2.45, 2.75) is 25.9 Å². The molecule has 1 unspecified atom stereocenters. The summed E-state index contributed by atoms with van der Waals surface area (Å²) in [6, 6.07) is 6.73. The van der Waals surface area contributed by atoms with Crippen molar-refractivity contribution in [3.8, 4) is 0 Å². The minimum Gasteiger partial charge on any atom is -0.349 e. The highest BCUT2D eigenvalue weighted by Gasteiger charge is 2.25. The van der Waals surface area contributed by atoms with Crippen molar-refractivity contribution >= 4 is 17.2 Å². The number of thiophene rings is 1. The smallest absolute Gasteiger partial charge is 0.129 e. The van der Waals surface area contributed by atoms with Gasteiger partial charge in [0.25, 0.3) is 0 Å². The maximum atomic E-state index is 5.70. The Kier molecular flexibility index (Phi) is 3.06. The molecule has 4 heteroatoms. The van der Waals surface area contributed by atoms with Crippen molar-refractivity contribution in [1.29, 1.82) is 0 Å². The monoisotopic (exact) mass is 259 g/mol. The molecule has 1 atom stereocenters. The molecule has 2 N–H and O–H groups in total. The average Bonchev–Trinajstić information content (AvgIpc) is 2.88. The van der Waals surface area contributed by atoms with Gasteiger partial charge in [-0.25, -0.2) is 4.98 Å². The number of nitrogens with two attached hydrogens (primary N) is 1. The van der Waals surface area contributed by atoms with Crippen LogP contribution in [-0.2, 0) is 13.0 Å². The summed E-state index contributed by atoms with van der Waals surface area (Å²) in [7, 11) is 0. The minimum absolute atomic E-state index is 0.403. The zero-order chi connectivity index (χ0) is 12.5. The summed E-state index contributed by atoms with van der Waals surface area (Å²) in [4.78, 5) is 8.38. The molecule has 94 valence electrons. The van der Waals surface area contributed by atoms with Gasteiger partial charge in [-0.3, -0.25) is 0 Å². The zero-order valence-electron chi connectivity index (χ0n) is 10.5. The highest BCUT2D eigenvalue weighted by Crippen LogP contribution is 2.35. The molecule has 0 aliphatic carbocycles. The lowest BCUT2D eigenvalue weighted by Gasteiger charge is -2.34. The summed E-state index contributed by atoms with van der Waals surface area (Å²) in [6.07, 6.45) is 2.97. The lowest BCUT2D eigenvalue weighted by atomic mass is 10.0. The maximum absolute atomic E-state index is 5.70. The second-order valence-electron chi connectivity index (χ2n) is 4.64. The second kappa shape index (κ2) is 4.71. The Morgan fingerprint density at radius 3 is 3.22 bits per heavy atom. The predicted octanol–water partition coefficient (Wildman–Crippen LogP) is 2.73. The molecule has 0 aromatic carbocycles. The Morgan fingerprint density at radius 1 is 1.50 bits per heavy atom. The Labute approximate surface area is 111 Å². The van der Waals surface area contributed by atoms with Crippen LogP contribution in [-0.4, -0.2) is 11.5 Å². The highest BCUT2D eigenvalue weighted by molar-refractivity contribution is 7.10. The fraction of sp³-hybridized carbons (Fsp3) is 0.357. The highest BCUT2D eigenvalue weighted by atomic mass is 32.1. The van der Waals surface area contributed by atoms with Gasteiger partial charge in [-0.05, 0) is 48.1 Å². The van der Waals surface area contributed by atoms with Crippen LogP contribution in [0, 0.1) is 0 Å². The molecule has 2 aromatic rings. The van der Waals surface area contributed by atoms with E-state index in [1.165, 1.54) is 10.4 Å². The van der Waals surface area contributed by atoms with Crippen molar-refractivity contribution in [1.82, 2.24) is 4.98 Å². The van der Waals surface area contributed by atoms with Crippen molar-refractivity contribution in [3.05, 3.63) is 45.8 Å². The lowest BCUT2D eigenvalue weighted by Crippen LogP contribution is -2.33. The molecule has 0 spiro atoms. The van der Waals surface area contributed by atoms with E-state index in [-0.39, 0.29) is 0 Å². The van der Waals surface area contributed by atoms with Crippen LogP contribution in [0.4, 0.5) is 5.82 Å². The van der Waals surface area contributed by atoms with Crippen LogP contribution in [0.2, 0.25) is 0 Å². The molecule has 3 rings (SSSR count). The first kappa shape index (κ1) is 11.7. The first-order chi connectivity index (χ1) is 8.79. The van der Waals surface area contributed by atoms with Crippen LogP contribution < -0.4 is 10.6 Å². The van der Waals surface area contributed by atoms with E-state index in [1.54, 1.807) is 0 Å². The van der Waals surface area contributed by atoms with E-state index < -0.39 is 0 Å². The number of hydrogen-bond donors (Lipinski definition) is 1. The fourth-order valence-corrected chi connectivity index (χ4v) is 3.53. The summed E-state index contributed by atoms with van der Waals surface area (Å²) in [5.74, 6) is 1.04. The van der Waals surface area contributed by atoms with Gasteiger partial charge in [0.05, 0.1) is 6.04 Å². The normalized spacial score (nSPS) is 18.8. The minimum atomic E-state index is 0.403. The Balaban J connectivity index is 1.94. The molecule has 2 aromatic heterocycles. The fourth-order valence-electron chi connectivity index (χ4n) is 2.57. The number of fused-ring (bicyclic) bond motifs is 1. The molecule has 1 aliphatic heterocycles. The number of aromatic nitrogens is 1. The van der Waals surface area contributed by atoms with Gasteiger partial charge in [-0.15, -0.1) is 11.3 Å². The number of rotatable bonds is 2. The molecular formula is C14H17N3S. The van der Waals surface area contributed by atoms with E-state index >= 15 is 0 Å². The molecular weight excluding hydrogens is 242 g/mol. The standard InChI is InChI=1S/C14H17N3S/c1-10-12-4-7-18-13(12)3-6-17(10)14-8-11(9-15)2-5-16-14/h2,4-5,7-8,10H,3,6,9,15H2,1H3. The third-order valence-electron chi connectivity index (χ3n) is 3.62. The summed E-state index contributed by atoms with van der Waals surface area (Å²) < 4.78 is 0. The van der Waals surface area contributed by atoms with Gasteiger partial charge in [0.1, 0.15) is 5.82 Å². The molecule has 0 fully saturated rings. The number of nitrogens with zero attached hydrogens (tertiary/aromatic N) is 2. The molecule has 3 nitrogen and oxygen atoms in total. The summed E-state index contributed by atoms with van der Waals surface area (Å²) >= 11 is 1.87. The van der Waals surface area contributed by atoms with Gasteiger partial charge in [0.2, 0.25) is 0 Å². The quantitative estimate of drug-likeness (QED) is 0.901. The Bertz CT molecular complexity index is 549. The van der Waals surface area contributed by atoms with E-state index in [9.17, 15) is 0 Å². The van der Waals surface area contributed by atoms with Crippen LogP contribution in [0.15, 0.2) is 29.8 Å². The third-order valence-corrected chi connectivity index (χ3v) is 4.61. The average molecular weight is 259 g/mol. The molecule has 0 saturated carbocycles.